The average Bonchev–Trinajstić information content (AvgIpc) is 3.09. The predicted octanol–water partition coefficient (Wildman–Crippen LogP) is 3.08. The number of thiophene rings is 1. The molecule has 0 aliphatic carbocycles. The number of hydrogen-bond acceptors (Lipinski definition) is 7. The molecule has 0 bridgehead atoms. The van der Waals surface area contributed by atoms with Crippen LogP contribution in [0.25, 0.3) is 0 Å². The lowest BCUT2D eigenvalue weighted by Crippen LogP contribution is -2.33. The second-order valence-corrected chi connectivity index (χ2v) is 11.6. The summed E-state index contributed by atoms with van der Waals surface area (Å²) in [6.07, 6.45) is -0.414. The fraction of sp³-hybridized carbons (Fsp3) is 0.389. The molecule has 1 aromatic carbocycles. The molecule has 152 valence electrons. The Balaban J connectivity index is 1.77. The van der Waals surface area contributed by atoms with Gasteiger partial charge in [-0.25, -0.2) is 13.2 Å². The molecule has 10 heteroatoms. The number of rotatable bonds is 5. The summed E-state index contributed by atoms with van der Waals surface area (Å²) in [7, 11) is -3.47. The van der Waals surface area contributed by atoms with Crippen molar-refractivity contribution in [1.82, 2.24) is 10.0 Å². The van der Waals surface area contributed by atoms with Gasteiger partial charge in [0.1, 0.15) is 21.3 Å². The summed E-state index contributed by atoms with van der Waals surface area (Å²) in [5.41, 5.74) is 1.63. The predicted molar refractivity (Wildman–Crippen MR) is 109 cm³/mol. The molecule has 28 heavy (non-hydrogen) atoms. The minimum absolute atomic E-state index is 0.125. The molecule has 0 spiro atoms. The first-order chi connectivity index (χ1) is 13.2. The van der Waals surface area contributed by atoms with Crippen LogP contribution in [-0.4, -0.2) is 30.9 Å². The molecule has 2 heterocycles. The standard InChI is InChI=1S/C18H22N2O5S3/c1-4-19-15-9-12(3)28(23,24)17-14(15)10-16(26-17)27(22)20-18(21)25-13-7-5-11(2)6-8-13/h5-8,10,12,15,19H,4,9H2,1-3H3,(H,20,21)/t12?,15-,27?/m0/s1. The van der Waals surface area contributed by atoms with E-state index < -0.39 is 32.5 Å². The first-order valence-corrected chi connectivity index (χ1v) is 12.3. The van der Waals surface area contributed by atoms with Crippen molar-refractivity contribution >= 4 is 38.6 Å². The van der Waals surface area contributed by atoms with Gasteiger partial charge in [-0.15, -0.1) is 4.72 Å². The Kier molecular flexibility index (Phi) is 6.35. The highest BCUT2D eigenvalue weighted by molar-refractivity contribution is 7.95. The van der Waals surface area contributed by atoms with Gasteiger partial charge in [0.2, 0.25) is 4.21 Å². The highest BCUT2D eigenvalue weighted by Crippen LogP contribution is 2.42. The maximum atomic E-state index is 12.7. The van der Waals surface area contributed by atoms with Crippen molar-refractivity contribution in [1.29, 1.82) is 0 Å². The van der Waals surface area contributed by atoms with Gasteiger partial charge < -0.3 is 14.6 Å². The summed E-state index contributed by atoms with van der Waals surface area (Å²) in [4.78, 5) is 12.0. The van der Waals surface area contributed by atoms with Crippen LogP contribution in [0.3, 0.4) is 0 Å². The van der Waals surface area contributed by atoms with Crippen LogP contribution in [0.5, 0.6) is 5.75 Å². The Labute approximate surface area is 171 Å². The van der Waals surface area contributed by atoms with E-state index in [4.69, 9.17) is 4.74 Å². The lowest BCUT2D eigenvalue weighted by atomic mass is 10.1. The van der Waals surface area contributed by atoms with E-state index in [1.807, 2.05) is 13.8 Å². The van der Waals surface area contributed by atoms with Crippen LogP contribution in [-0.2, 0) is 21.2 Å². The number of benzene rings is 1. The minimum Gasteiger partial charge on any atom is -0.587 e. The van der Waals surface area contributed by atoms with Gasteiger partial charge in [0.25, 0.3) is 0 Å². The van der Waals surface area contributed by atoms with Gasteiger partial charge >= 0.3 is 6.09 Å². The Morgan fingerprint density at radius 3 is 2.68 bits per heavy atom. The van der Waals surface area contributed by atoms with E-state index >= 15 is 0 Å². The van der Waals surface area contributed by atoms with E-state index in [1.165, 1.54) is 0 Å². The molecule has 0 saturated heterocycles. The Bertz CT molecular complexity index is 956. The van der Waals surface area contributed by atoms with E-state index in [9.17, 15) is 17.8 Å². The maximum Gasteiger partial charge on any atom is 0.454 e. The zero-order valence-electron chi connectivity index (χ0n) is 15.7. The first kappa shape index (κ1) is 21.1. The van der Waals surface area contributed by atoms with E-state index in [0.29, 0.717) is 24.3 Å². The summed E-state index contributed by atoms with van der Waals surface area (Å²) in [6, 6.07) is 8.33. The molecule has 7 nitrogen and oxygen atoms in total. The summed E-state index contributed by atoms with van der Waals surface area (Å²) < 4.78 is 45.7. The number of nitrogens with one attached hydrogen (secondary N) is 2. The molecule has 0 fully saturated rings. The molecule has 0 radical (unpaired) electrons. The number of sulfone groups is 1. The normalized spacial score (nSPS) is 21.6. The molecule has 3 atom stereocenters. The molecule has 1 aromatic heterocycles. The number of carbonyl (C=O) groups excluding carboxylic acids is 1. The summed E-state index contributed by atoms with van der Waals surface area (Å²) in [5.74, 6) is 0.328. The SMILES string of the molecule is CCN[C@H]1CC(C)S(=O)(=O)c2sc([S+]([O-])NC(=O)Oc3ccc(C)cc3)cc21. The van der Waals surface area contributed by atoms with Crippen molar-refractivity contribution in [2.24, 2.45) is 0 Å². The Morgan fingerprint density at radius 2 is 2.04 bits per heavy atom. The smallest absolute Gasteiger partial charge is 0.454 e. The molecule has 1 amide bonds. The molecule has 1 aliphatic rings. The summed E-state index contributed by atoms with van der Waals surface area (Å²) in [6.45, 7) is 6.22. The highest BCUT2D eigenvalue weighted by atomic mass is 32.3. The molecule has 3 rings (SSSR count). The second kappa shape index (κ2) is 8.42. The van der Waals surface area contributed by atoms with Crippen molar-refractivity contribution in [3.05, 3.63) is 41.5 Å². The van der Waals surface area contributed by atoms with Crippen LogP contribution in [0, 0.1) is 6.92 Å². The highest BCUT2D eigenvalue weighted by Gasteiger charge is 2.40. The molecule has 2 unspecified atom stereocenters. The van der Waals surface area contributed by atoms with E-state index in [0.717, 1.165) is 16.9 Å². The molecule has 2 aromatic rings. The van der Waals surface area contributed by atoms with Gasteiger partial charge in [0, 0.05) is 17.7 Å². The van der Waals surface area contributed by atoms with Gasteiger partial charge in [0.15, 0.2) is 9.84 Å². The van der Waals surface area contributed by atoms with E-state index in [-0.39, 0.29) is 14.5 Å². The van der Waals surface area contributed by atoms with Crippen molar-refractivity contribution < 1.29 is 22.5 Å². The van der Waals surface area contributed by atoms with Crippen LogP contribution < -0.4 is 14.8 Å². The van der Waals surface area contributed by atoms with Crippen LogP contribution >= 0.6 is 11.3 Å². The van der Waals surface area contributed by atoms with Gasteiger partial charge in [-0.05, 0) is 38.9 Å². The monoisotopic (exact) mass is 442 g/mol. The van der Waals surface area contributed by atoms with E-state index in [2.05, 4.69) is 10.0 Å². The van der Waals surface area contributed by atoms with Gasteiger partial charge in [-0.3, -0.25) is 0 Å². The Morgan fingerprint density at radius 1 is 1.36 bits per heavy atom. The number of fused-ring (bicyclic) bond motifs is 1. The summed E-state index contributed by atoms with van der Waals surface area (Å²) >= 11 is -0.982. The van der Waals surface area contributed by atoms with Crippen molar-refractivity contribution in [2.75, 3.05) is 6.54 Å². The van der Waals surface area contributed by atoms with Gasteiger partial charge in [-0.1, -0.05) is 36.0 Å². The topological polar surface area (TPSA) is 108 Å². The van der Waals surface area contributed by atoms with Crippen molar-refractivity contribution in [3.63, 3.8) is 0 Å². The molecule has 2 N–H and O–H groups in total. The van der Waals surface area contributed by atoms with Gasteiger partial charge in [0.05, 0.1) is 5.25 Å². The molecule has 0 saturated carbocycles. The minimum atomic E-state index is -3.47. The van der Waals surface area contributed by atoms with Gasteiger partial charge in [-0.2, -0.15) is 0 Å². The third-order valence-corrected chi connectivity index (χ3v) is 9.71. The zero-order valence-corrected chi connectivity index (χ0v) is 18.2. The number of carbonyl (C=O) groups is 1. The summed E-state index contributed by atoms with van der Waals surface area (Å²) in [5, 5.41) is 2.75. The van der Waals surface area contributed by atoms with Crippen molar-refractivity contribution in [2.45, 2.75) is 46.9 Å². The number of aryl methyl sites for hydroxylation is 1. The fourth-order valence-corrected chi connectivity index (χ4v) is 7.61. The fourth-order valence-electron chi connectivity index (χ4n) is 2.99. The molecule has 1 aliphatic heterocycles. The van der Waals surface area contributed by atoms with Crippen LogP contribution in [0.2, 0.25) is 0 Å². The third-order valence-electron chi connectivity index (χ3n) is 4.47. The number of amides is 1. The molecular weight excluding hydrogens is 420 g/mol. The Hall–Kier alpha value is -1.59. The average molecular weight is 443 g/mol. The van der Waals surface area contributed by atoms with E-state index in [1.54, 1.807) is 37.3 Å². The lowest BCUT2D eigenvalue weighted by Gasteiger charge is -2.27. The molecular formula is C18H22N2O5S3. The quantitative estimate of drug-likeness (QED) is 0.689. The van der Waals surface area contributed by atoms with Crippen LogP contribution in [0.1, 0.15) is 37.4 Å². The number of hydrogen-bond donors (Lipinski definition) is 2. The van der Waals surface area contributed by atoms with Crippen LogP contribution in [0.15, 0.2) is 38.8 Å². The van der Waals surface area contributed by atoms with Crippen molar-refractivity contribution in [3.8, 4) is 5.75 Å². The lowest BCUT2D eigenvalue weighted by molar-refractivity contribution is 0.207. The first-order valence-electron chi connectivity index (χ1n) is 8.80. The number of ether oxygens (including phenoxy) is 1. The van der Waals surface area contributed by atoms with Crippen LogP contribution in [0.4, 0.5) is 4.79 Å². The zero-order chi connectivity index (χ0) is 20.5. The maximum absolute atomic E-state index is 12.7. The largest absolute Gasteiger partial charge is 0.587 e. The third kappa shape index (κ3) is 4.36. The second-order valence-electron chi connectivity index (χ2n) is 6.58.